The highest BCUT2D eigenvalue weighted by Gasteiger charge is 2.27. The normalized spacial score (nSPS) is 16.8. The topological polar surface area (TPSA) is 61.8 Å². The standard InChI is InChI=1S/C18H28N2O3/c1-14(13-23-2)19-18(22)20(16-9-4-3-5-10-16)12-15-8-6-7-11-17(15)21/h6-8,11,14,16,21H,3-5,9-10,12-13H2,1-2H3,(H,19,22). The van der Waals surface area contributed by atoms with Gasteiger partial charge in [0.1, 0.15) is 5.75 Å². The first-order valence-electron chi connectivity index (χ1n) is 8.44. The van der Waals surface area contributed by atoms with Gasteiger partial charge in [-0.3, -0.25) is 0 Å². The molecule has 128 valence electrons. The molecule has 0 bridgehead atoms. The zero-order valence-electron chi connectivity index (χ0n) is 14.1. The van der Waals surface area contributed by atoms with Crippen molar-refractivity contribution in [3.8, 4) is 5.75 Å². The summed E-state index contributed by atoms with van der Waals surface area (Å²) < 4.78 is 5.09. The molecule has 1 aliphatic carbocycles. The Kier molecular flexibility index (Phi) is 6.71. The number of aromatic hydroxyl groups is 1. The lowest BCUT2D eigenvalue weighted by Gasteiger charge is -2.35. The molecule has 2 N–H and O–H groups in total. The molecule has 0 aliphatic heterocycles. The molecular weight excluding hydrogens is 292 g/mol. The van der Waals surface area contributed by atoms with E-state index < -0.39 is 0 Å². The van der Waals surface area contributed by atoms with E-state index in [1.54, 1.807) is 19.2 Å². The summed E-state index contributed by atoms with van der Waals surface area (Å²) in [5.41, 5.74) is 0.785. The molecule has 0 saturated heterocycles. The first kappa shape index (κ1) is 17.6. The van der Waals surface area contributed by atoms with E-state index in [9.17, 15) is 9.90 Å². The number of benzene rings is 1. The van der Waals surface area contributed by atoms with E-state index in [-0.39, 0.29) is 23.9 Å². The van der Waals surface area contributed by atoms with E-state index >= 15 is 0 Å². The third-order valence-corrected chi connectivity index (χ3v) is 4.40. The number of nitrogens with zero attached hydrogens (tertiary/aromatic N) is 1. The van der Waals surface area contributed by atoms with Crippen LogP contribution in [0.2, 0.25) is 0 Å². The van der Waals surface area contributed by atoms with Crippen LogP contribution in [0.25, 0.3) is 0 Å². The number of ether oxygens (including phenoxy) is 1. The summed E-state index contributed by atoms with van der Waals surface area (Å²) in [6.07, 6.45) is 5.60. The van der Waals surface area contributed by atoms with Crippen molar-refractivity contribution in [2.75, 3.05) is 13.7 Å². The van der Waals surface area contributed by atoms with Crippen molar-refractivity contribution in [3.05, 3.63) is 29.8 Å². The van der Waals surface area contributed by atoms with Gasteiger partial charge in [-0.2, -0.15) is 0 Å². The van der Waals surface area contributed by atoms with Gasteiger partial charge < -0.3 is 20.1 Å². The second kappa shape index (κ2) is 8.77. The smallest absolute Gasteiger partial charge is 0.318 e. The van der Waals surface area contributed by atoms with Crippen molar-refractivity contribution in [3.63, 3.8) is 0 Å². The number of amides is 2. The van der Waals surface area contributed by atoms with Crippen LogP contribution in [0.4, 0.5) is 4.79 Å². The lowest BCUT2D eigenvalue weighted by molar-refractivity contribution is 0.134. The maximum absolute atomic E-state index is 12.7. The quantitative estimate of drug-likeness (QED) is 0.845. The van der Waals surface area contributed by atoms with E-state index in [4.69, 9.17) is 4.74 Å². The first-order valence-corrected chi connectivity index (χ1v) is 8.44. The Morgan fingerprint density at radius 1 is 1.35 bits per heavy atom. The lowest BCUT2D eigenvalue weighted by atomic mass is 9.94. The number of methoxy groups -OCH3 is 1. The first-order chi connectivity index (χ1) is 11.1. The van der Waals surface area contributed by atoms with Crippen LogP contribution < -0.4 is 5.32 Å². The minimum absolute atomic E-state index is 0.0389. The largest absolute Gasteiger partial charge is 0.508 e. The van der Waals surface area contributed by atoms with Gasteiger partial charge in [0.05, 0.1) is 19.2 Å². The predicted molar refractivity (Wildman–Crippen MR) is 90.4 cm³/mol. The molecule has 0 heterocycles. The number of rotatable bonds is 6. The number of hydrogen-bond acceptors (Lipinski definition) is 3. The van der Waals surface area contributed by atoms with Crippen LogP contribution in [-0.4, -0.2) is 41.8 Å². The van der Waals surface area contributed by atoms with Crippen LogP contribution in [0.15, 0.2) is 24.3 Å². The molecule has 2 rings (SSSR count). The molecule has 1 aromatic carbocycles. The van der Waals surface area contributed by atoms with Gasteiger partial charge in [0.2, 0.25) is 0 Å². The highest BCUT2D eigenvalue weighted by atomic mass is 16.5. The molecule has 1 fully saturated rings. The number of phenolic OH excluding ortho intramolecular Hbond substituents is 1. The van der Waals surface area contributed by atoms with Crippen molar-refractivity contribution < 1.29 is 14.6 Å². The van der Waals surface area contributed by atoms with Crippen molar-refractivity contribution in [1.82, 2.24) is 10.2 Å². The number of para-hydroxylation sites is 1. The maximum atomic E-state index is 12.7. The second-order valence-electron chi connectivity index (χ2n) is 6.35. The fourth-order valence-corrected chi connectivity index (χ4v) is 3.17. The van der Waals surface area contributed by atoms with Crippen LogP contribution in [0.3, 0.4) is 0 Å². The van der Waals surface area contributed by atoms with Crippen molar-refractivity contribution in [2.45, 2.75) is 57.7 Å². The molecule has 1 saturated carbocycles. The molecule has 23 heavy (non-hydrogen) atoms. The number of urea groups is 1. The fraction of sp³-hybridized carbons (Fsp3) is 0.611. The predicted octanol–water partition coefficient (Wildman–Crippen LogP) is 3.27. The highest BCUT2D eigenvalue weighted by molar-refractivity contribution is 5.75. The van der Waals surface area contributed by atoms with Crippen LogP contribution in [0, 0.1) is 0 Å². The van der Waals surface area contributed by atoms with Crippen LogP contribution in [0.1, 0.15) is 44.6 Å². The van der Waals surface area contributed by atoms with Gasteiger partial charge in [0.15, 0.2) is 0 Å². The molecule has 2 amide bonds. The summed E-state index contributed by atoms with van der Waals surface area (Å²) in [7, 11) is 1.63. The summed E-state index contributed by atoms with van der Waals surface area (Å²) in [5.74, 6) is 0.242. The third kappa shape index (κ3) is 5.13. The molecular formula is C18H28N2O3. The van der Waals surface area contributed by atoms with Gasteiger partial charge in [-0.25, -0.2) is 4.79 Å². The summed E-state index contributed by atoms with van der Waals surface area (Å²) in [6, 6.07) is 7.34. The Hall–Kier alpha value is -1.75. The molecule has 1 atom stereocenters. The molecule has 1 aliphatic rings. The summed E-state index contributed by atoms with van der Waals surface area (Å²) >= 11 is 0. The Morgan fingerprint density at radius 3 is 2.70 bits per heavy atom. The summed E-state index contributed by atoms with van der Waals surface area (Å²) in [6.45, 7) is 2.85. The van der Waals surface area contributed by atoms with Crippen molar-refractivity contribution in [1.29, 1.82) is 0 Å². The number of carbonyl (C=O) groups excluding carboxylic acids is 1. The van der Waals surface area contributed by atoms with Gasteiger partial charge >= 0.3 is 6.03 Å². The van der Waals surface area contributed by atoms with Gasteiger partial charge in [-0.15, -0.1) is 0 Å². The average molecular weight is 320 g/mol. The zero-order chi connectivity index (χ0) is 16.7. The lowest BCUT2D eigenvalue weighted by Crippen LogP contribution is -2.49. The SMILES string of the molecule is COCC(C)NC(=O)N(Cc1ccccc1O)C1CCCCC1. The van der Waals surface area contributed by atoms with Crippen LogP contribution in [-0.2, 0) is 11.3 Å². The van der Waals surface area contributed by atoms with Gasteiger partial charge in [0, 0.05) is 18.7 Å². The number of carbonyl (C=O) groups is 1. The molecule has 0 aromatic heterocycles. The van der Waals surface area contributed by atoms with Crippen LogP contribution >= 0.6 is 0 Å². The van der Waals surface area contributed by atoms with E-state index in [0.717, 1.165) is 31.2 Å². The summed E-state index contributed by atoms with van der Waals surface area (Å²) in [4.78, 5) is 14.6. The summed E-state index contributed by atoms with van der Waals surface area (Å²) in [5, 5.41) is 13.0. The number of hydrogen-bond donors (Lipinski definition) is 2. The van der Waals surface area contributed by atoms with E-state index in [2.05, 4.69) is 5.32 Å². The Bertz CT molecular complexity index is 501. The highest BCUT2D eigenvalue weighted by Crippen LogP contribution is 2.26. The zero-order valence-corrected chi connectivity index (χ0v) is 14.1. The maximum Gasteiger partial charge on any atom is 0.318 e. The van der Waals surface area contributed by atoms with Gasteiger partial charge in [0.25, 0.3) is 0 Å². The van der Waals surface area contributed by atoms with Gasteiger partial charge in [-0.1, -0.05) is 37.5 Å². The van der Waals surface area contributed by atoms with E-state index in [0.29, 0.717) is 13.2 Å². The molecule has 0 spiro atoms. The Morgan fingerprint density at radius 2 is 2.04 bits per heavy atom. The minimum atomic E-state index is -0.0790. The monoisotopic (exact) mass is 320 g/mol. The number of nitrogens with one attached hydrogen (secondary N) is 1. The van der Waals surface area contributed by atoms with Crippen molar-refractivity contribution >= 4 is 6.03 Å². The van der Waals surface area contributed by atoms with Crippen LogP contribution in [0.5, 0.6) is 5.75 Å². The molecule has 1 aromatic rings. The van der Waals surface area contributed by atoms with E-state index in [1.807, 2.05) is 24.0 Å². The third-order valence-electron chi connectivity index (χ3n) is 4.40. The minimum Gasteiger partial charge on any atom is -0.508 e. The Labute approximate surface area is 138 Å². The molecule has 5 nitrogen and oxygen atoms in total. The number of phenols is 1. The molecule has 1 unspecified atom stereocenters. The fourth-order valence-electron chi connectivity index (χ4n) is 3.17. The van der Waals surface area contributed by atoms with E-state index in [1.165, 1.54) is 6.42 Å². The molecule has 0 radical (unpaired) electrons. The van der Waals surface area contributed by atoms with Gasteiger partial charge in [-0.05, 0) is 25.8 Å². The molecule has 5 heteroatoms. The Balaban J connectivity index is 2.10. The second-order valence-corrected chi connectivity index (χ2v) is 6.35. The van der Waals surface area contributed by atoms with Crippen molar-refractivity contribution in [2.24, 2.45) is 0 Å². The average Bonchev–Trinajstić information content (AvgIpc) is 2.55.